The number of hydrogen-bond donors (Lipinski definition) is 2. The van der Waals surface area contributed by atoms with Crippen molar-refractivity contribution in [3.8, 4) is 0 Å². The van der Waals surface area contributed by atoms with Crippen molar-refractivity contribution in [2.45, 2.75) is 25.3 Å². The molecule has 106 valence electrons. The van der Waals surface area contributed by atoms with Crippen molar-refractivity contribution in [2.24, 2.45) is 0 Å². The van der Waals surface area contributed by atoms with E-state index in [1.807, 2.05) is 42.3 Å². The van der Waals surface area contributed by atoms with E-state index < -0.39 is 0 Å². The SMILES string of the molecule is CN(CC1CCCCN1)C(=O)c1cc2ccccc2[nH]1. The van der Waals surface area contributed by atoms with Gasteiger partial charge in [0, 0.05) is 30.5 Å². The molecule has 0 spiro atoms. The number of aromatic nitrogens is 1. The van der Waals surface area contributed by atoms with Crippen LogP contribution >= 0.6 is 0 Å². The molecular formula is C16H21N3O. The van der Waals surface area contributed by atoms with E-state index in [1.165, 1.54) is 12.8 Å². The van der Waals surface area contributed by atoms with Crippen LogP contribution in [0, 0.1) is 0 Å². The highest BCUT2D eigenvalue weighted by Gasteiger charge is 2.19. The number of nitrogens with one attached hydrogen (secondary N) is 2. The summed E-state index contributed by atoms with van der Waals surface area (Å²) in [7, 11) is 1.88. The fourth-order valence-corrected chi connectivity index (χ4v) is 2.89. The van der Waals surface area contributed by atoms with Crippen LogP contribution in [0.2, 0.25) is 0 Å². The van der Waals surface area contributed by atoms with Crippen molar-refractivity contribution in [3.63, 3.8) is 0 Å². The number of rotatable bonds is 3. The van der Waals surface area contributed by atoms with Crippen LogP contribution in [-0.2, 0) is 0 Å². The van der Waals surface area contributed by atoms with Crippen molar-refractivity contribution in [3.05, 3.63) is 36.0 Å². The highest BCUT2D eigenvalue weighted by Crippen LogP contribution is 2.16. The molecule has 3 rings (SSSR count). The molecule has 1 aliphatic rings. The number of para-hydroxylation sites is 1. The number of carbonyl (C=O) groups is 1. The first-order valence-electron chi connectivity index (χ1n) is 7.30. The molecule has 1 aromatic carbocycles. The Hall–Kier alpha value is -1.81. The number of likely N-dealkylation sites (N-methyl/N-ethyl adjacent to an activating group) is 1. The van der Waals surface area contributed by atoms with E-state index in [-0.39, 0.29) is 5.91 Å². The zero-order chi connectivity index (χ0) is 13.9. The van der Waals surface area contributed by atoms with E-state index in [0.717, 1.165) is 30.4 Å². The van der Waals surface area contributed by atoms with E-state index in [4.69, 9.17) is 0 Å². The highest BCUT2D eigenvalue weighted by molar-refractivity contribution is 5.97. The van der Waals surface area contributed by atoms with Gasteiger partial charge in [0.05, 0.1) is 0 Å². The number of hydrogen-bond acceptors (Lipinski definition) is 2. The van der Waals surface area contributed by atoms with Crippen molar-refractivity contribution in [2.75, 3.05) is 20.1 Å². The molecule has 2 heterocycles. The molecule has 1 aliphatic heterocycles. The molecule has 1 fully saturated rings. The van der Waals surface area contributed by atoms with E-state index >= 15 is 0 Å². The number of nitrogens with zero attached hydrogens (tertiary/aromatic N) is 1. The molecular weight excluding hydrogens is 250 g/mol. The minimum absolute atomic E-state index is 0.0635. The van der Waals surface area contributed by atoms with Gasteiger partial charge in [-0.3, -0.25) is 4.79 Å². The summed E-state index contributed by atoms with van der Waals surface area (Å²) in [5.41, 5.74) is 1.68. The molecule has 1 unspecified atom stereocenters. The van der Waals surface area contributed by atoms with Crippen molar-refractivity contribution < 1.29 is 4.79 Å². The maximum absolute atomic E-state index is 12.5. The third-order valence-corrected chi connectivity index (χ3v) is 4.01. The van der Waals surface area contributed by atoms with Crippen LogP contribution in [-0.4, -0.2) is 42.0 Å². The monoisotopic (exact) mass is 271 g/mol. The smallest absolute Gasteiger partial charge is 0.270 e. The van der Waals surface area contributed by atoms with Crippen LogP contribution < -0.4 is 5.32 Å². The molecule has 4 nitrogen and oxygen atoms in total. The van der Waals surface area contributed by atoms with Gasteiger partial charge in [-0.2, -0.15) is 0 Å². The van der Waals surface area contributed by atoms with Gasteiger partial charge in [0.2, 0.25) is 0 Å². The minimum atomic E-state index is 0.0635. The molecule has 1 aromatic heterocycles. The number of H-pyrrole nitrogens is 1. The zero-order valence-electron chi connectivity index (χ0n) is 11.9. The summed E-state index contributed by atoms with van der Waals surface area (Å²) >= 11 is 0. The maximum Gasteiger partial charge on any atom is 0.270 e. The van der Waals surface area contributed by atoms with E-state index in [0.29, 0.717) is 11.7 Å². The normalized spacial score (nSPS) is 19.1. The first kappa shape index (κ1) is 13.2. The second-order valence-corrected chi connectivity index (χ2v) is 5.60. The molecule has 1 amide bonds. The van der Waals surface area contributed by atoms with Crippen molar-refractivity contribution in [1.82, 2.24) is 15.2 Å². The van der Waals surface area contributed by atoms with Gasteiger partial charge in [0.1, 0.15) is 5.69 Å². The fraction of sp³-hybridized carbons (Fsp3) is 0.438. The highest BCUT2D eigenvalue weighted by atomic mass is 16.2. The van der Waals surface area contributed by atoms with E-state index in [2.05, 4.69) is 10.3 Å². The van der Waals surface area contributed by atoms with Crippen LogP contribution in [0.5, 0.6) is 0 Å². The first-order valence-corrected chi connectivity index (χ1v) is 7.30. The molecule has 2 N–H and O–H groups in total. The zero-order valence-corrected chi connectivity index (χ0v) is 11.9. The summed E-state index contributed by atoms with van der Waals surface area (Å²) in [5, 5.41) is 4.56. The van der Waals surface area contributed by atoms with Crippen LogP contribution in [0.25, 0.3) is 10.9 Å². The second kappa shape index (κ2) is 5.67. The van der Waals surface area contributed by atoms with Crippen LogP contribution in [0.1, 0.15) is 29.8 Å². The Balaban J connectivity index is 1.70. The summed E-state index contributed by atoms with van der Waals surface area (Å²) in [6.45, 7) is 1.84. The van der Waals surface area contributed by atoms with Gasteiger partial charge in [-0.1, -0.05) is 24.6 Å². The lowest BCUT2D eigenvalue weighted by atomic mass is 10.0. The average Bonchev–Trinajstić information content (AvgIpc) is 2.91. The second-order valence-electron chi connectivity index (χ2n) is 5.60. The van der Waals surface area contributed by atoms with E-state index in [9.17, 15) is 4.79 Å². The Morgan fingerprint density at radius 2 is 2.20 bits per heavy atom. The summed E-state index contributed by atoms with van der Waals surface area (Å²) < 4.78 is 0. The Bertz CT molecular complexity index is 566. The molecule has 0 radical (unpaired) electrons. The maximum atomic E-state index is 12.5. The predicted octanol–water partition coefficient (Wildman–Crippen LogP) is 2.38. The molecule has 1 atom stereocenters. The number of fused-ring (bicyclic) bond motifs is 1. The van der Waals surface area contributed by atoms with Gasteiger partial charge in [-0.25, -0.2) is 0 Å². The molecule has 0 bridgehead atoms. The van der Waals surface area contributed by atoms with E-state index in [1.54, 1.807) is 0 Å². The van der Waals surface area contributed by atoms with Crippen molar-refractivity contribution >= 4 is 16.8 Å². The molecule has 4 heteroatoms. The number of benzene rings is 1. The standard InChI is InChI=1S/C16H21N3O/c1-19(11-13-7-4-5-9-17-13)16(20)15-10-12-6-2-3-8-14(12)18-15/h2-3,6,8,10,13,17-18H,4-5,7,9,11H2,1H3. The number of piperidine rings is 1. The van der Waals surface area contributed by atoms with Crippen molar-refractivity contribution in [1.29, 1.82) is 0 Å². The molecule has 0 saturated carbocycles. The van der Waals surface area contributed by atoms with Gasteiger partial charge in [0.25, 0.3) is 5.91 Å². The predicted molar refractivity (Wildman–Crippen MR) is 80.9 cm³/mol. The van der Waals surface area contributed by atoms with Gasteiger partial charge < -0.3 is 15.2 Å². The van der Waals surface area contributed by atoms with Gasteiger partial charge in [-0.05, 0) is 31.5 Å². The lowest BCUT2D eigenvalue weighted by Gasteiger charge is -2.28. The summed E-state index contributed by atoms with van der Waals surface area (Å²) in [5.74, 6) is 0.0635. The van der Waals surface area contributed by atoms with Gasteiger partial charge in [0.15, 0.2) is 0 Å². The number of aromatic amines is 1. The number of amides is 1. The topological polar surface area (TPSA) is 48.1 Å². The van der Waals surface area contributed by atoms with Crippen LogP contribution in [0.15, 0.2) is 30.3 Å². The molecule has 2 aromatic rings. The van der Waals surface area contributed by atoms with Crippen LogP contribution in [0.3, 0.4) is 0 Å². The summed E-state index contributed by atoms with van der Waals surface area (Å²) in [6.07, 6.45) is 3.66. The fourth-order valence-electron chi connectivity index (χ4n) is 2.89. The lowest BCUT2D eigenvalue weighted by Crippen LogP contribution is -2.44. The minimum Gasteiger partial charge on any atom is -0.351 e. The summed E-state index contributed by atoms with van der Waals surface area (Å²) in [6, 6.07) is 10.3. The third kappa shape index (κ3) is 2.70. The Kier molecular flexibility index (Phi) is 3.74. The molecule has 1 saturated heterocycles. The molecule has 0 aliphatic carbocycles. The summed E-state index contributed by atoms with van der Waals surface area (Å²) in [4.78, 5) is 17.5. The van der Waals surface area contributed by atoms with Gasteiger partial charge >= 0.3 is 0 Å². The Morgan fingerprint density at radius 3 is 2.95 bits per heavy atom. The Labute approximate surface area is 119 Å². The first-order chi connectivity index (χ1) is 9.74. The largest absolute Gasteiger partial charge is 0.351 e. The molecule has 20 heavy (non-hydrogen) atoms. The van der Waals surface area contributed by atoms with Gasteiger partial charge in [-0.15, -0.1) is 0 Å². The Morgan fingerprint density at radius 1 is 1.35 bits per heavy atom. The number of carbonyl (C=O) groups excluding carboxylic acids is 1. The quantitative estimate of drug-likeness (QED) is 0.900. The lowest BCUT2D eigenvalue weighted by molar-refractivity contribution is 0.0770. The van der Waals surface area contributed by atoms with Crippen LogP contribution in [0.4, 0.5) is 0 Å². The third-order valence-electron chi connectivity index (χ3n) is 4.01. The average molecular weight is 271 g/mol.